The maximum absolute atomic E-state index is 12.1. The largest absolute Gasteiger partial charge is 0.350 e. The number of rotatable bonds is 4. The van der Waals surface area contributed by atoms with Gasteiger partial charge in [0, 0.05) is 23.8 Å². The number of hydrazine groups is 1. The predicted molar refractivity (Wildman–Crippen MR) is 74.8 cm³/mol. The Hall–Kier alpha value is -1.66. The van der Waals surface area contributed by atoms with Crippen LogP contribution < -0.4 is 16.6 Å². The number of carbonyl (C=O) groups is 1. The van der Waals surface area contributed by atoms with Crippen molar-refractivity contribution in [3.8, 4) is 0 Å². The van der Waals surface area contributed by atoms with Gasteiger partial charge in [-0.2, -0.15) is 0 Å². The molecule has 1 atom stereocenters. The van der Waals surface area contributed by atoms with Crippen molar-refractivity contribution in [3.63, 3.8) is 0 Å². The van der Waals surface area contributed by atoms with Crippen LogP contribution in [0, 0.1) is 6.92 Å². The Morgan fingerprint density at radius 2 is 2.37 bits per heavy atom. The van der Waals surface area contributed by atoms with Gasteiger partial charge in [-0.25, -0.2) is 10.8 Å². The lowest BCUT2D eigenvalue weighted by molar-refractivity contribution is 0.0943. The molecule has 6 heteroatoms. The number of likely N-dealkylation sites (tertiary alicyclic amines) is 1. The van der Waals surface area contributed by atoms with Crippen LogP contribution in [0.2, 0.25) is 0 Å². The van der Waals surface area contributed by atoms with Crippen molar-refractivity contribution in [2.45, 2.75) is 25.8 Å². The van der Waals surface area contributed by atoms with Gasteiger partial charge in [-0.1, -0.05) is 0 Å². The lowest BCUT2D eigenvalue weighted by atomic mass is 10.2. The van der Waals surface area contributed by atoms with E-state index in [9.17, 15) is 4.79 Å². The standard InChI is InChI=1S/C13H21N5O/c1-9-6-10(7-12(16-9)17-14)13(19)15-8-11-4-3-5-18(11)2/h6-7,11H,3-5,8,14H2,1-2H3,(H,15,19)(H,16,17). The lowest BCUT2D eigenvalue weighted by Gasteiger charge is -2.19. The zero-order valence-electron chi connectivity index (χ0n) is 11.4. The molecule has 6 nitrogen and oxygen atoms in total. The molecular formula is C13H21N5O. The number of carbonyl (C=O) groups excluding carboxylic acids is 1. The highest BCUT2D eigenvalue weighted by Crippen LogP contribution is 2.14. The highest BCUT2D eigenvalue weighted by molar-refractivity contribution is 5.95. The summed E-state index contributed by atoms with van der Waals surface area (Å²) in [5.41, 5.74) is 3.81. The van der Waals surface area contributed by atoms with Crippen molar-refractivity contribution in [3.05, 3.63) is 23.4 Å². The average molecular weight is 263 g/mol. The van der Waals surface area contributed by atoms with Gasteiger partial charge >= 0.3 is 0 Å². The van der Waals surface area contributed by atoms with E-state index < -0.39 is 0 Å². The van der Waals surface area contributed by atoms with Gasteiger partial charge < -0.3 is 15.6 Å². The lowest BCUT2D eigenvalue weighted by Crippen LogP contribution is -2.38. The Balaban J connectivity index is 1.97. The molecule has 1 aliphatic heterocycles. The van der Waals surface area contributed by atoms with Crippen molar-refractivity contribution < 1.29 is 4.79 Å². The van der Waals surface area contributed by atoms with Crippen molar-refractivity contribution in [1.82, 2.24) is 15.2 Å². The van der Waals surface area contributed by atoms with Gasteiger partial charge in [-0.15, -0.1) is 0 Å². The van der Waals surface area contributed by atoms with Crippen LogP contribution in [0.4, 0.5) is 5.82 Å². The molecule has 2 heterocycles. The van der Waals surface area contributed by atoms with Crippen LogP contribution in [0.5, 0.6) is 0 Å². The maximum Gasteiger partial charge on any atom is 0.251 e. The molecule has 0 radical (unpaired) electrons. The third-order valence-electron chi connectivity index (χ3n) is 3.53. The number of anilines is 1. The van der Waals surface area contributed by atoms with E-state index in [0.717, 1.165) is 18.7 Å². The first kappa shape index (κ1) is 13.8. The molecule has 104 valence electrons. The Kier molecular flexibility index (Phi) is 4.34. The summed E-state index contributed by atoms with van der Waals surface area (Å²) in [6, 6.07) is 3.86. The SMILES string of the molecule is Cc1cc(C(=O)NCC2CCCN2C)cc(NN)n1. The summed E-state index contributed by atoms with van der Waals surface area (Å²) in [5, 5.41) is 2.97. The van der Waals surface area contributed by atoms with Gasteiger partial charge in [-0.3, -0.25) is 4.79 Å². The molecule has 0 spiro atoms. The Bertz CT molecular complexity index is 462. The van der Waals surface area contributed by atoms with E-state index >= 15 is 0 Å². The van der Waals surface area contributed by atoms with Gasteiger partial charge in [-0.05, 0) is 45.5 Å². The highest BCUT2D eigenvalue weighted by atomic mass is 16.1. The van der Waals surface area contributed by atoms with Crippen LogP contribution in [-0.2, 0) is 0 Å². The van der Waals surface area contributed by atoms with Gasteiger partial charge in [0.1, 0.15) is 5.82 Å². The molecule has 1 aliphatic rings. The summed E-state index contributed by atoms with van der Waals surface area (Å²) in [6.45, 7) is 3.63. The van der Waals surface area contributed by atoms with Crippen LogP contribution in [-0.4, -0.2) is 42.0 Å². The second-order valence-corrected chi connectivity index (χ2v) is 5.01. The molecule has 1 saturated heterocycles. The minimum atomic E-state index is -0.0812. The molecule has 1 aromatic heterocycles. The molecule has 0 aliphatic carbocycles. The fraction of sp³-hybridized carbons (Fsp3) is 0.538. The zero-order chi connectivity index (χ0) is 13.8. The fourth-order valence-corrected chi connectivity index (χ4v) is 2.42. The van der Waals surface area contributed by atoms with Crippen molar-refractivity contribution in [1.29, 1.82) is 0 Å². The number of amides is 1. The number of nitrogens with one attached hydrogen (secondary N) is 2. The number of nitrogen functional groups attached to an aromatic ring is 1. The zero-order valence-corrected chi connectivity index (χ0v) is 11.4. The summed E-state index contributed by atoms with van der Waals surface area (Å²) in [6.07, 6.45) is 2.34. The number of pyridine rings is 1. The molecule has 1 aromatic rings. The van der Waals surface area contributed by atoms with E-state index in [1.165, 1.54) is 6.42 Å². The van der Waals surface area contributed by atoms with Crippen LogP contribution >= 0.6 is 0 Å². The smallest absolute Gasteiger partial charge is 0.251 e. The minimum Gasteiger partial charge on any atom is -0.350 e. The molecule has 1 amide bonds. The summed E-state index contributed by atoms with van der Waals surface area (Å²) in [7, 11) is 2.09. The average Bonchev–Trinajstić information content (AvgIpc) is 2.80. The minimum absolute atomic E-state index is 0.0812. The van der Waals surface area contributed by atoms with Crippen LogP contribution in [0.25, 0.3) is 0 Å². The van der Waals surface area contributed by atoms with Gasteiger partial charge in [0.05, 0.1) is 0 Å². The monoisotopic (exact) mass is 263 g/mol. The van der Waals surface area contributed by atoms with Gasteiger partial charge in [0.2, 0.25) is 0 Å². The highest BCUT2D eigenvalue weighted by Gasteiger charge is 2.21. The third-order valence-corrected chi connectivity index (χ3v) is 3.53. The van der Waals surface area contributed by atoms with E-state index in [4.69, 9.17) is 5.84 Å². The first-order chi connectivity index (χ1) is 9.10. The Labute approximate surface area is 113 Å². The fourth-order valence-electron chi connectivity index (χ4n) is 2.42. The molecule has 1 fully saturated rings. The molecular weight excluding hydrogens is 242 g/mol. The number of nitrogens with two attached hydrogens (primary N) is 1. The number of aryl methyl sites for hydroxylation is 1. The third kappa shape index (κ3) is 3.42. The quantitative estimate of drug-likeness (QED) is 0.544. The van der Waals surface area contributed by atoms with E-state index in [1.807, 2.05) is 6.92 Å². The first-order valence-corrected chi connectivity index (χ1v) is 6.54. The summed E-state index contributed by atoms with van der Waals surface area (Å²) in [5.74, 6) is 5.75. The topological polar surface area (TPSA) is 83.3 Å². The number of aromatic nitrogens is 1. The Morgan fingerprint density at radius 3 is 3.00 bits per heavy atom. The normalized spacial score (nSPS) is 19.4. The molecule has 2 rings (SSSR count). The second kappa shape index (κ2) is 5.99. The van der Waals surface area contributed by atoms with E-state index in [-0.39, 0.29) is 5.91 Å². The van der Waals surface area contributed by atoms with Crippen molar-refractivity contribution in [2.75, 3.05) is 25.6 Å². The summed E-state index contributed by atoms with van der Waals surface area (Å²) in [4.78, 5) is 18.5. The van der Waals surface area contributed by atoms with E-state index in [0.29, 0.717) is 24.0 Å². The van der Waals surface area contributed by atoms with E-state index in [2.05, 4.69) is 27.7 Å². The molecule has 0 saturated carbocycles. The predicted octanol–water partition coefficient (Wildman–Crippen LogP) is 0.500. The number of nitrogens with zero attached hydrogens (tertiary/aromatic N) is 2. The molecule has 4 N–H and O–H groups in total. The first-order valence-electron chi connectivity index (χ1n) is 6.54. The Morgan fingerprint density at radius 1 is 1.58 bits per heavy atom. The number of likely N-dealkylation sites (N-methyl/N-ethyl adjacent to an activating group) is 1. The van der Waals surface area contributed by atoms with Crippen LogP contribution in [0.15, 0.2) is 12.1 Å². The molecule has 0 bridgehead atoms. The van der Waals surface area contributed by atoms with E-state index in [1.54, 1.807) is 12.1 Å². The van der Waals surface area contributed by atoms with Crippen LogP contribution in [0.1, 0.15) is 28.9 Å². The van der Waals surface area contributed by atoms with Gasteiger partial charge in [0.15, 0.2) is 0 Å². The number of hydrogen-bond donors (Lipinski definition) is 3. The van der Waals surface area contributed by atoms with Gasteiger partial charge in [0.25, 0.3) is 5.91 Å². The molecule has 1 unspecified atom stereocenters. The summed E-state index contributed by atoms with van der Waals surface area (Å²) >= 11 is 0. The number of hydrogen-bond acceptors (Lipinski definition) is 5. The molecule has 19 heavy (non-hydrogen) atoms. The molecule has 0 aromatic carbocycles. The maximum atomic E-state index is 12.1. The van der Waals surface area contributed by atoms with Crippen molar-refractivity contribution in [2.24, 2.45) is 5.84 Å². The van der Waals surface area contributed by atoms with Crippen molar-refractivity contribution >= 4 is 11.7 Å². The second-order valence-electron chi connectivity index (χ2n) is 5.01. The summed E-state index contributed by atoms with van der Waals surface area (Å²) < 4.78 is 0. The van der Waals surface area contributed by atoms with Crippen LogP contribution in [0.3, 0.4) is 0 Å².